The fourth-order valence-corrected chi connectivity index (χ4v) is 1.31. The van der Waals surface area contributed by atoms with Crippen molar-refractivity contribution in [2.75, 3.05) is 13.7 Å². The molecule has 0 heterocycles. The fraction of sp³-hybridized carbons (Fsp3) is 0.800. The lowest BCUT2D eigenvalue weighted by molar-refractivity contribution is -0.123. The largest absolute Gasteiger partial charge is 0.393 e. The summed E-state index contributed by atoms with van der Waals surface area (Å²) in [5, 5.41) is 2.87. The van der Waals surface area contributed by atoms with E-state index in [2.05, 4.69) is 12.2 Å². The smallest absolute Gasteiger partial charge is 0.229 e. The molecule has 3 N–H and O–H groups in total. The molecule has 5 heteroatoms. The molecule has 15 heavy (non-hydrogen) atoms. The Hall–Kier alpha value is -0.680. The lowest BCUT2D eigenvalue weighted by Gasteiger charge is -2.19. The van der Waals surface area contributed by atoms with Crippen LogP contribution in [0, 0.1) is 5.92 Å². The highest BCUT2D eigenvalue weighted by Crippen LogP contribution is 2.01. The molecule has 0 aromatic carbocycles. The topological polar surface area (TPSA) is 64.3 Å². The van der Waals surface area contributed by atoms with Crippen molar-refractivity contribution in [3.8, 4) is 0 Å². The van der Waals surface area contributed by atoms with Crippen LogP contribution in [0.2, 0.25) is 0 Å². The van der Waals surface area contributed by atoms with Crippen molar-refractivity contribution in [1.29, 1.82) is 0 Å². The molecule has 0 fully saturated rings. The van der Waals surface area contributed by atoms with E-state index in [-0.39, 0.29) is 16.9 Å². The SMILES string of the molecule is CCCC(COC)NC(=O)C(C)C(N)=S. The Morgan fingerprint density at radius 3 is 2.60 bits per heavy atom. The molecule has 0 saturated carbocycles. The van der Waals surface area contributed by atoms with E-state index in [4.69, 9.17) is 22.7 Å². The van der Waals surface area contributed by atoms with Crippen LogP contribution in [0.3, 0.4) is 0 Å². The first-order chi connectivity index (χ1) is 7.02. The molecule has 0 aromatic rings. The molecule has 1 amide bonds. The number of methoxy groups -OCH3 is 1. The van der Waals surface area contributed by atoms with Crippen LogP contribution >= 0.6 is 12.2 Å². The lowest BCUT2D eigenvalue weighted by Crippen LogP contribution is -2.43. The lowest BCUT2D eigenvalue weighted by atomic mass is 10.1. The molecule has 0 aliphatic heterocycles. The minimum absolute atomic E-state index is 0.0456. The molecule has 2 atom stereocenters. The van der Waals surface area contributed by atoms with Gasteiger partial charge in [-0.2, -0.15) is 0 Å². The molecule has 0 bridgehead atoms. The van der Waals surface area contributed by atoms with Gasteiger partial charge >= 0.3 is 0 Å². The molecule has 0 aliphatic rings. The van der Waals surface area contributed by atoms with E-state index in [0.717, 1.165) is 12.8 Å². The number of carbonyl (C=O) groups is 1. The maximum Gasteiger partial charge on any atom is 0.229 e. The van der Waals surface area contributed by atoms with E-state index in [9.17, 15) is 4.79 Å². The van der Waals surface area contributed by atoms with Gasteiger partial charge in [-0.05, 0) is 13.3 Å². The highest BCUT2D eigenvalue weighted by atomic mass is 32.1. The molecule has 0 rings (SSSR count). The summed E-state index contributed by atoms with van der Waals surface area (Å²) < 4.78 is 5.02. The second kappa shape index (κ2) is 7.59. The van der Waals surface area contributed by atoms with Crippen molar-refractivity contribution < 1.29 is 9.53 Å². The maximum absolute atomic E-state index is 11.6. The Morgan fingerprint density at radius 2 is 2.20 bits per heavy atom. The summed E-state index contributed by atoms with van der Waals surface area (Å²) >= 11 is 4.76. The van der Waals surface area contributed by atoms with Gasteiger partial charge in [-0.15, -0.1) is 0 Å². The maximum atomic E-state index is 11.6. The number of thiocarbonyl (C=S) groups is 1. The van der Waals surface area contributed by atoms with Gasteiger partial charge in [0.25, 0.3) is 0 Å². The van der Waals surface area contributed by atoms with Crippen LogP contribution in [0.15, 0.2) is 0 Å². The number of hydrogen-bond acceptors (Lipinski definition) is 3. The van der Waals surface area contributed by atoms with Gasteiger partial charge in [0.15, 0.2) is 0 Å². The monoisotopic (exact) mass is 232 g/mol. The third kappa shape index (κ3) is 5.69. The molecule has 88 valence electrons. The fourth-order valence-electron chi connectivity index (χ4n) is 1.20. The van der Waals surface area contributed by atoms with Gasteiger partial charge in [-0.3, -0.25) is 4.79 Å². The molecule has 0 spiro atoms. The quantitative estimate of drug-likeness (QED) is 0.638. The van der Waals surface area contributed by atoms with Crippen LogP contribution in [0.4, 0.5) is 0 Å². The van der Waals surface area contributed by atoms with Gasteiger partial charge in [-0.25, -0.2) is 0 Å². The summed E-state index contributed by atoms with van der Waals surface area (Å²) in [5.74, 6) is -0.547. The van der Waals surface area contributed by atoms with Crippen LogP contribution in [0.5, 0.6) is 0 Å². The second-order valence-electron chi connectivity index (χ2n) is 3.57. The normalized spacial score (nSPS) is 14.3. The minimum atomic E-state index is -0.420. The third-order valence-electron chi connectivity index (χ3n) is 2.17. The van der Waals surface area contributed by atoms with Gasteiger partial charge in [0, 0.05) is 7.11 Å². The van der Waals surface area contributed by atoms with E-state index < -0.39 is 5.92 Å². The Labute approximate surface area is 96.5 Å². The highest BCUT2D eigenvalue weighted by Gasteiger charge is 2.18. The van der Waals surface area contributed by atoms with E-state index in [0.29, 0.717) is 6.61 Å². The molecular weight excluding hydrogens is 212 g/mol. The van der Waals surface area contributed by atoms with E-state index in [1.165, 1.54) is 0 Å². The number of amides is 1. The number of carbonyl (C=O) groups excluding carboxylic acids is 1. The van der Waals surface area contributed by atoms with Crippen LogP contribution in [0.1, 0.15) is 26.7 Å². The average molecular weight is 232 g/mol. The zero-order chi connectivity index (χ0) is 11.8. The Kier molecular flexibility index (Phi) is 7.25. The first-order valence-corrected chi connectivity index (χ1v) is 5.52. The first-order valence-electron chi connectivity index (χ1n) is 5.11. The van der Waals surface area contributed by atoms with Crippen molar-refractivity contribution in [2.45, 2.75) is 32.7 Å². The van der Waals surface area contributed by atoms with Crippen LogP contribution in [-0.2, 0) is 9.53 Å². The molecule has 4 nitrogen and oxygen atoms in total. The Balaban J connectivity index is 4.14. The van der Waals surface area contributed by atoms with Gasteiger partial charge in [0.1, 0.15) is 0 Å². The van der Waals surface area contributed by atoms with Crippen LogP contribution < -0.4 is 11.1 Å². The number of hydrogen-bond donors (Lipinski definition) is 2. The van der Waals surface area contributed by atoms with Gasteiger partial charge < -0.3 is 15.8 Å². The average Bonchev–Trinajstić information content (AvgIpc) is 2.17. The molecule has 0 aromatic heterocycles. The summed E-state index contributed by atoms with van der Waals surface area (Å²) in [7, 11) is 1.62. The molecule has 0 radical (unpaired) electrons. The molecule has 2 unspecified atom stereocenters. The summed E-state index contributed by atoms with van der Waals surface area (Å²) in [6.45, 7) is 4.28. The van der Waals surface area contributed by atoms with Gasteiger partial charge in [-0.1, -0.05) is 25.6 Å². The minimum Gasteiger partial charge on any atom is -0.393 e. The summed E-state index contributed by atoms with van der Waals surface area (Å²) in [4.78, 5) is 11.8. The zero-order valence-corrected chi connectivity index (χ0v) is 10.4. The number of nitrogens with two attached hydrogens (primary N) is 1. The number of nitrogens with one attached hydrogen (secondary N) is 1. The number of ether oxygens (including phenoxy) is 1. The Bertz CT molecular complexity index is 215. The van der Waals surface area contributed by atoms with Crippen molar-refractivity contribution in [1.82, 2.24) is 5.32 Å². The van der Waals surface area contributed by atoms with Crippen LogP contribution in [-0.4, -0.2) is 30.7 Å². The summed E-state index contributed by atoms with van der Waals surface area (Å²) in [6.07, 6.45) is 1.89. The third-order valence-corrected chi connectivity index (χ3v) is 2.52. The molecule has 0 aliphatic carbocycles. The van der Waals surface area contributed by atoms with E-state index in [1.54, 1.807) is 14.0 Å². The first kappa shape index (κ1) is 14.3. The standard InChI is InChI=1S/C10H20N2O2S/c1-4-5-8(6-14-3)12-10(13)7(2)9(11)15/h7-8H,4-6H2,1-3H3,(H2,11,15)(H,12,13). The zero-order valence-electron chi connectivity index (χ0n) is 9.58. The van der Waals surface area contributed by atoms with Crippen molar-refractivity contribution >= 4 is 23.1 Å². The molecular formula is C10H20N2O2S. The number of rotatable bonds is 7. The Morgan fingerprint density at radius 1 is 1.60 bits per heavy atom. The predicted octanol–water partition coefficient (Wildman–Crippen LogP) is 0.840. The predicted molar refractivity (Wildman–Crippen MR) is 64.7 cm³/mol. The van der Waals surface area contributed by atoms with Gasteiger partial charge in [0.2, 0.25) is 5.91 Å². The van der Waals surface area contributed by atoms with Crippen LogP contribution in [0.25, 0.3) is 0 Å². The van der Waals surface area contributed by atoms with E-state index >= 15 is 0 Å². The van der Waals surface area contributed by atoms with Crippen molar-refractivity contribution in [2.24, 2.45) is 11.7 Å². The second-order valence-corrected chi connectivity index (χ2v) is 4.04. The summed E-state index contributed by atoms with van der Waals surface area (Å²) in [5.41, 5.74) is 5.40. The van der Waals surface area contributed by atoms with Crippen molar-refractivity contribution in [3.63, 3.8) is 0 Å². The van der Waals surface area contributed by atoms with Gasteiger partial charge in [0.05, 0.1) is 23.6 Å². The summed E-state index contributed by atoms with van der Waals surface area (Å²) in [6, 6.07) is 0.0456. The van der Waals surface area contributed by atoms with Crippen molar-refractivity contribution in [3.05, 3.63) is 0 Å². The van der Waals surface area contributed by atoms with E-state index in [1.807, 2.05) is 0 Å². The highest BCUT2D eigenvalue weighted by molar-refractivity contribution is 7.80. The molecule has 0 saturated heterocycles.